The number of rotatable bonds is 3. The van der Waals surface area contributed by atoms with Gasteiger partial charge in [0.2, 0.25) is 0 Å². The van der Waals surface area contributed by atoms with Crippen molar-refractivity contribution in [3.05, 3.63) is 32.8 Å². The Bertz CT molecular complexity index is 630. The number of alkyl carbamates (subject to hydrolysis) is 1. The highest BCUT2D eigenvalue weighted by atomic mass is 79.9. The van der Waals surface area contributed by atoms with Gasteiger partial charge in [0.25, 0.3) is 0 Å². The van der Waals surface area contributed by atoms with Crippen LogP contribution in [0, 0.1) is 10.1 Å². The molecule has 1 N–H and O–H groups in total. The summed E-state index contributed by atoms with van der Waals surface area (Å²) in [6.07, 6.45) is 1.19. The zero-order chi connectivity index (χ0) is 17.9. The molecule has 1 heterocycles. The van der Waals surface area contributed by atoms with E-state index in [9.17, 15) is 14.9 Å². The first-order valence-corrected chi connectivity index (χ1v) is 8.64. The van der Waals surface area contributed by atoms with Gasteiger partial charge >= 0.3 is 11.8 Å². The number of anilines is 1. The van der Waals surface area contributed by atoms with Crippen LogP contribution in [0.5, 0.6) is 0 Å². The zero-order valence-electron chi connectivity index (χ0n) is 14.0. The number of benzene rings is 1. The van der Waals surface area contributed by atoms with Gasteiger partial charge in [-0.3, -0.25) is 10.1 Å². The zero-order valence-corrected chi connectivity index (χ0v) is 15.6. The third kappa shape index (κ3) is 4.83. The summed E-state index contributed by atoms with van der Waals surface area (Å²) in [6.45, 7) is 6.65. The van der Waals surface area contributed by atoms with Gasteiger partial charge in [-0.2, -0.15) is 0 Å². The van der Waals surface area contributed by atoms with Crippen molar-refractivity contribution in [2.75, 3.05) is 18.0 Å². The molecule has 0 unspecified atom stereocenters. The van der Waals surface area contributed by atoms with Gasteiger partial charge in [-0.05, 0) is 61.7 Å². The number of hydrogen-bond acceptors (Lipinski definition) is 5. The van der Waals surface area contributed by atoms with Crippen LogP contribution in [0.2, 0.25) is 0 Å². The molecule has 0 aliphatic carbocycles. The smallest absolute Gasteiger partial charge is 0.407 e. The largest absolute Gasteiger partial charge is 0.444 e. The summed E-state index contributed by atoms with van der Waals surface area (Å²) in [5.41, 5.74) is 0.0575. The molecule has 132 valence electrons. The summed E-state index contributed by atoms with van der Waals surface area (Å²) in [5.74, 6) is 0. The second kappa shape index (κ2) is 7.38. The molecular formula is C16H22BrN3O4. The van der Waals surface area contributed by atoms with Crippen molar-refractivity contribution in [1.29, 1.82) is 0 Å². The molecule has 1 aliphatic heterocycles. The second-order valence-electron chi connectivity index (χ2n) is 6.80. The van der Waals surface area contributed by atoms with Gasteiger partial charge in [0.1, 0.15) is 11.3 Å². The molecule has 0 aromatic heterocycles. The van der Waals surface area contributed by atoms with E-state index in [1.807, 2.05) is 25.7 Å². The van der Waals surface area contributed by atoms with Gasteiger partial charge in [-0.25, -0.2) is 4.79 Å². The van der Waals surface area contributed by atoms with Crippen molar-refractivity contribution in [3.8, 4) is 0 Å². The number of piperidine rings is 1. The van der Waals surface area contributed by atoms with E-state index in [4.69, 9.17) is 4.74 Å². The summed E-state index contributed by atoms with van der Waals surface area (Å²) in [4.78, 5) is 24.8. The van der Waals surface area contributed by atoms with Crippen LogP contribution in [0.4, 0.5) is 16.2 Å². The molecule has 0 radical (unpaired) electrons. The number of halogens is 1. The highest BCUT2D eigenvalue weighted by Gasteiger charge is 2.28. The Balaban J connectivity index is 2.10. The van der Waals surface area contributed by atoms with E-state index in [0.717, 1.165) is 12.8 Å². The Morgan fingerprint density at radius 2 is 2.17 bits per heavy atom. The number of carbonyl (C=O) groups is 1. The number of nitro groups is 1. The monoisotopic (exact) mass is 399 g/mol. The lowest BCUT2D eigenvalue weighted by molar-refractivity contribution is -0.384. The van der Waals surface area contributed by atoms with Crippen molar-refractivity contribution in [2.45, 2.75) is 45.3 Å². The van der Waals surface area contributed by atoms with Gasteiger partial charge in [0.15, 0.2) is 0 Å². The summed E-state index contributed by atoms with van der Waals surface area (Å²) < 4.78 is 5.73. The van der Waals surface area contributed by atoms with Crippen LogP contribution in [0.1, 0.15) is 33.6 Å². The first kappa shape index (κ1) is 18.5. The van der Waals surface area contributed by atoms with Gasteiger partial charge in [-0.1, -0.05) is 6.07 Å². The number of para-hydroxylation sites is 1. The molecule has 0 spiro atoms. The number of carbonyl (C=O) groups excluding carboxylic acids is 1. The molecule has 1 fully saturated rings. The Labute approximate surface area is 149 Å². The maximum absolute atomic E-state index is 11.9. The summed E-state index contributed by atoms with van der Waals surface area (Å²) in [7, 11) is 0. The lowest BCUT2D eigenvalue weighted by Gasteiger charge is -2.34. The molecule has 7 nitrogen and oxygen atoms in total. The Morgan fingerprint density at radius 3 is 2.79 bits per heavy atom. The van der Waals surface area contributed by atoms with Crippen LogP contribution in [0.25, 0.3) is 0 Å². The highest BCUT2D eigenvalue weighted by molar-refractivity contribution is 9.10. The van der Waals surface area contributed by atoms with E-state index < -0.39 is 11.7 Å². The molecule has 1 aliphatic rings. The highest BCUT2D eigenvalue weighted by Crippen LogP contribution is 2.36. The van der Waals surface area contributed by atoms with Crippen molar-refractivity contribution < 1.29 is 14.5 Å². The van der Waals surface area contributed by atoms with Gasteiger partial charge < -0.3 is 15.0 Å². The minimum atomic E-state index is -0.554. The van der Waals surface area contributed by atoms with Crippen LogP contribution in [0.15, 0.2) is 22.7 Å². The fourth-order valence-electron chi connectivity index (χ4n) is 2.73. The van der Waals surface area contributed by atoms with Crippen molar-refractivity contribution in [3.63, 3.8) is 0 Å². The normalized spacial score (nSPS) is 18.2. The maximum Gasteiger partial charge on any atom is 0.407 e. The number of nitrogens with zero attached hydrogens (tertiary/aromatic N) is 2. The van der Waals surface area contributed by atoms with Crippen molar-refractivity contribution in [1.82, 2.24) is 5.32 Å². The number of nitro benzene ring substituents is 1. The summed E-state index contributed by atoms with van der Waals surface area (Å²) >= 11 is 3.24. The van der Waals surface area contributed by atoms with E-state index >= 15 is 0 Å². The fraction of sp³-hybridized carbons (Fsp3) is 0.562. The molecular weight excluding hydrogens is 378 g/mol. The summed E-state index contributed by atoms with van der Waals surface area (Å²) in [5, 5.41) is 14.2. The summed E-state index contributed by atoms with van der Waals surface area (Å²) in [6, 6.07) is 5.06. The number of nitrogens with one attached hydrogen (secondary N) is 1. The Kier molecular flexibility index (Phi) is 5.69. The van der Waals surface area contributed by atoms with Crippen LogP contribution >= 0.6 is 15.9 Å². The average Bonchev–Trinajstić information content (AvgIpc) is 2.44. The molecule has 1 aromatic carbocycles. The SMILES string of the molecule is CC(C)(C)OC(=O)N[C@@H]1CCCN(c2cccc(Br)c2[N+](=O)[O-])C1. The molecule has 0 bridgehead atoms. The molecule has 8 heteroatoms. The molecule has 1 atom stereocenters. The predicted octanol–water partition coefficient (Wildman–Crippen LogP) is 3.85. The number of amides is 1. The first-order chi connectivity index (χ1) is 11.2. The third-order valence-corrected chi connectivity index (χ3v) is 4.27. The van der Waals surface area contributed by atoms with Gasteiger partial charge in [0, 0.05) is 19.1 Å². The van der Waals surface area contributed by atoms with Gasteiger partial charge in [-0.15, -0.1) is 0 Å². The standard InChI is InChI=1S/C16H22BrN3O4/c1-16(2,3)24-15(21)18-11-6-5-9-19(10-11)13-8-4-7-12(17)14(13)20(22)23/h4,7-8,11H,5-6,9-10H2,1-3H3,(H,18,21)/t11-/m1/s1. The average molecular weight is 400 g/mol. The molecule has 2 rings (SSSR count). The topological polar surface area (TPSA) is 84.7 Å². The van der Waals surface area contributed by atoms with E-state index in [1.165, 1.54) is 0 Å². The van der Waals surface area contributed by atoms with E-state index in [1.54, 1.807) is 18.2 Å². The van der Waals surface area contributed by atoms with Crippen LogP contribution in [-0.4, -0.2) is 35.7 Å². The van der Waals surface area contributed by atoms with Crippen LogP contribution in [0.3, 0.4) is 0 Å². The second-order valence-corrected chi connectivity index (χ2v) is 7.65. The quantitative estimate of drug-likeness (QED) is 0.616. The van der Waals surface area contributed by atoms with E-state index in [0.29, 0.717) is 23.2 Å². The number of hydrogen-bond donors (Lipinski definition) is 1. The van der Waals surface area contributed by atoms with Crippen molar-refractivity contribution >= 4 is 33.4 Å². The molecule has 24 heavy (non-hydrogen) atoms. The lowest BCUT2D eigenvalue weighted by atomic mass is 10.0. The third-order valence-electron chi connectivity index (χ3n) is 3.63. The Hall–Kier alpha value is -1.83. The first-order valence-electron chi connectivity index (χ1n) is 7.85. The van der Waals surface area contributed by atoms with E-state index in [2.05, 4.69) is 21.2 Å². The predicted molar refractivity (Wildman–Crippen MR) is 95.4 cm³/mol. The molecule has 1 amide bonds. The molecule has 0 saturated carbocycles. The van der Waals surface area contributed by atoms with Crippen molar-refractivity contribution in [2.24, 2.45) is 0 Å². The number of ether oxygens (including phenoxy) is 1. The Morgan fingerprint density at radius 1 is 1.46 bits per heavy atom. The van der Waals surface area contributed by atoms with Crippen LogP contribution in [-0.2, 0) is 4.74 Å². The maximum atomic E-state index is 11.9. The van der Waals surface area contributed by atoms with Gasteiger partial charge in [0.05, 0.1) is 9.40 Å². The fourth-order valence-corrected chi connectivity index (χ4v) is 3.23. The minimum absolute atomic E-state index is 0.0513. The minimum Gasteiger partial charge on any atom is -0.444 e. The van der Waals surface area contributed by atoms with E-state index in [-0.39, 0.29) is 16.7 Å². The molecule has 1 saturated heterocycles. The lowest BCUT2D eigenvalue weighted by Crippen LogP contribution is -2.49. The van der Waals surface area contributed by atoms with Crippen LogP contribution < -0.4 is 10.2 Å². The molecule has 1 aromatic rings.